The lowest BCUT2D eigenvalue weighted by Crippen LogP contribution is -2.48. The van der Waals surface area contributed by atoms with Gasteiger partial charge in [0.2, 0.25) is 23.6 Å². The Hall–Kier alpha value is -4.80. The Morgan fingerprint density at radius 3 is 1.73 bits per heavy atom. The molecule has 56 heavy (non-hydrogen) atoms. The molecule has 0 aromatic heterocycles. The molecule has 0 spiro atoms. The second kappa shape index (κ2) is 15.3. The number of fused-ring (bicyclic) bond motifs is 4. The van der Waals surface area contributed by atoms with Gasteiger partial charge in [0.15, 0.2) is 11.5 Å². The first-order chi connectivity index (χ1) is 27.3. The number of amides is 4. The number of phenols is 1. The summed E-state index contributed by atoms with van der Waals surface area (Å²) in [6, 6.07) is 25.6. The predicted octanol–water partition coefficient (Wildman–Crippen LogP) is 5.76. The van der Waals surface area contributed by atoms with Crippen LogP contribution in [0, 0.1) is 29.6 Å². The van der Waals surface area contributed by atoms with Crippen molar-refractivity contribution in [1.29, 1.82) is 0 Å². The fourth-order valence-electron chi connectivity index (χ4n) is 11.1. The number of allylic oxidation sites excluding steroid dienone is 2. The number of aromatic hydroxyl groups is 1. The Morgan fingerprint density at radius 2 is 1.18 bits per heavy atom. The van der Waals surface area contributed by atoms with Crippen LogP contribution in [0.3, 0.4) is 0 Å². The molecule has 4 amide bonds. The van der Waals surface area contributed by atoms with Gasteiger partial charge in [-0.05, 0) is 80.2 Å². The third-order valence-electron chi connectivity index (χ3n) is 13.7. The van der Waals surface area contributed by atoms with Gasteiger partial charge in [-0.1, -0.05) is 78.4 Å². The number of rotatable bonds is 9. The minimum atomic E-state index is -0.625. The third-order valence-corrected chi connectivity index (χ3v) is 13.7. The second-order valence-electron chi connectivity index (χ2n) is 16.8. The van der Waals surface area contributed by atoms with Crippen molar-refractivity contribution >= 4 is 23.6 Å². The standard InChI is InChI=1S/C46H52N4O6/c1-2-56-39-25-31(13-16-38(39)51)40-34-14-15-35-41(45(54)49(43(35)52)32-17-21-47(22-18-32)27-29-9-5-3-6-10-29)36(34)26-37-42(40)46(55)50(44(37)53)33-19-23-48(24-20-33)28-30-11-7-4-8-12-30/h3-14,16,25,32-33,35-37,40-42,51H,2,15,17-24,26-28H2,1H3/t35-,36+,37+,40-,41-,42+/m0/s1. The maximum Gasteiger partial charge on any atom is 0.234 e. The smallest absolute Gasteiger partial charge is 0.234 e. The molecule has 3 aromatic rings. The fraction of sp³-hybridized carbons (Fsp3) is 0.478. The van der Waals surface area contributed by atoms with E-state index in [1.165, 1.54) is 11.1 Å². The molecule has 4 aliphatic heterocycles. The van der Waals surface area contributed by atoms with Gasteiger partial charge in [-0.25, -0.2) is 0 Å². The van der Waals surface area contributed by atoms with Crippen LogP contribution in [-0.2, 0) is 32.3 Å². The second-order valence-corrected chi connectivity index (χ2v) is 16.8. The van der Waals surface area contributed by atoms with E-state index in [-0.39, 0.29) is 47.4 Å². The van der Waals surface area contributed by atoms with Crippen molar-refractivity contribution in [2.75, 3.05) is 32.8 Å². The molecule has 0 unspecified atom stereocenters. The highest BCUT2D eigenvalue weighted by molar-refractivity contribution is 6.08. The first-order valence-electron chi connectivity index (χ1n) is 20.7. The molecule has 9 rings (SSSR count). The van der Waals surface area contributed by atoms with Gasteiger partial charge in [0.1, 0.15) is 0 Å². The van der Waals surface area contributed by atoms with Crippen LogP contribution >= 0.6 is 0 Å². The van der Waals surface area contributed by atoms with Crippen molar-refractivity contribution in [1.82, 2.24) is 19.6 Å². The van der Waals surface area contributed by atoms with Gasteiger partial charge < -0.3 is 9.84 Å². The maximum absolute atomic E-state index is 14.8. The molecule has 292 valence electrons. The number of imide groups is 2. The highest BCUT2D eigenvalue weighted by Crippen LogP contribution is 2.59. The molecule has 4 saturated heterocycles. The summed E-state index contributed by atoms with van der Waals surface area (Å²) in [5.74, 6) is -3.21. The van der Waals surface area contributed by atoms with Crippen LogP contribution < -0.4 is 4.74 Å². The zero-order chi connectivity index (χ0) is 38.5. The van der Waals surface area contributed by atoms with Crippen LogP contribution in [0.4, 0.5) is 0 Å². The number of benzene rings is 3. The van der Waals surface area contributed by atoms with E-state index in [0.717, 1.165) is 63.2 Å². The van der Waals surface area contributed by atoms with Crippen LogP contribution in [-0.4, -0.2) is 93.2 Å². The van der Waals surface area contributed by atoms with E-state index in [4.69, 9.17) is 4.74 Å². The third kappa shape index (κ3) is 6.54. The zero-order valence-electron chi connectivity index (χ0n) is 32.2. The van der Waals surface area contributed by atoms with Crippen molar-refractivity contribution in [2.45, 2.75) is 76.5 Å². The van der Waals surface area contributed by atoms with Crippen molar-refractivity contribution in [3.8, 4) is 11.5 Å². The quantitative estimate of drug-likeness (QED) is 0.217. The highest BCUT2D eigenvalue weighted by Gasteiger charge is 2.63. The van der Waals surface area contributed by atoms with Gasteiger partial charge in [-0.2, -0.15) is 0 Å². The lowest BCUT2D eigenvalue weighted by atomic mass is 9.57. The number of piperidine rings is 2. The lowest BCUT2D eigenvalue weighted by Gasteiger charge is -2.44. The molecular formula is C46H52N4O6. The normalized spacial score (nSPS) is 29.0. The average Bonchev–Trinajstić information content (AvgIpc) is 3.63. The molecule has 0 bridgehead atoms. The molecule has 4 heterocycles. The molecule has 2 aliphatic carbocycles. The zero-order valence-corrected chi connectivity index (χ0v) is 32.2. The van der Waals surface area contributed by atoms with Gasteiger partial charge >= 0.3 is 0 Å². The summed E-state index contributed by atoms with van der Waals surface area (Å²) in [6.07, 6.45) is 5.82. The molecule has 5 fully saturated rings. The predicted molar refractivity (Wildman–Crippen MR) is 210 cm³/mol. The van der Waals surface area contributed by atoms with Crippen LogP contribution in [0.15, 0.2) is 90.5 Å². The SMILES string of the molecule is CCOc1cc([C@H]2C3=CC[C@@H]4C(=O)N(C5CCN(Cc6ccccc6)CC5)C(=O)[C@@H]4[C@@H]3C[C@H]3C(=O)N(C4CCN(Cc5ccccc5)CC4)C(=O)[C@@H]23)ccc1O. The van der Waals surface area contributed by atoms with Crippen molar-refractivity contribution in [3.63, 3.8) is 0 Å². The number of phenolic OH excluding ortho intramolecular Hbond substituents is 1. The Kier molecular flexibility index (Phi) is 10.0. The van der Waals surface area contributed by atoms with Gasteiger partial charge in [0.05, 0.1) is 30.3 Å². The van der Waals surface area contributed by atoms with Crippen molar-refractivity contribution in [2.24, 2.45) is 29.6 Å². The average molecular weight is 757 g/mol. The van der Waals surface area contributed by atoms with E-state index in [9.17, 15) is 24.3 Å². The molecule has 10 heteroatoms. The summed E-state index contributed by atoms with van der Waals surface area (Å²) in [5.41, 5.74) is 4.26. The minimum absolute atomic E-state index is 0.0111. The molecule has 6 aliphatic rings. The van der Waals surface area contributed by atoms with Gasteiger partial charge in [-0.15, -0.1) is 0 Å². The number of nitrogens with zero attached hydrogens (tertiary/aromatic N) is 4. The Morgan fingerprint density at radius 1 is 0.643 bits per heavy atom. The summed E-state index contributed by atoms with van der Waals surface area (Å²) in [6.45, 7) is 7.09. The summed E-state index contributed by atoms with van der Waals surface area (Å²) in [5, 5.41) is 10.7. The molecule has 3 aromatic carbocycles. The molecule has 1 saturated carbocycles. The minimum Gasteiger partial charge on any atom is -0.504 e. The van der Waals surface area contributed by atoms with Crippen molar-refractivity contribution < 1.29 is 29.0 Å². The van der Waals surface area contributed by atoms with E-state index in [1.54, 1.807) is 21.9 Å². The van der Waals surface area contributed by atoms with E-state index in [0.29, 0.717) is 38.0 Å². The fourth-order valence-corrected chi connectivity index (χ4v) is 11.1. The monoisotopic (exact) mass is 756 g/mol. The molecule has 6 atom stereocenters. The van der Waals surface area contributed by atoms with Crippen LogP contribution in [0.2, 0.25) is 0 Å². The lowest BCUT2D eigenvalue weighted by molar-refractivity contribution is -0.146. The summed E-state index contributed by atoms with van der Waals surface area (Å²) >= 11 is 0. The van der Waals surface area contributed by atoms with Crippen LogP contribution in [0.5, 0.6) is 11.5 Å². The van der Waals surface area contributed by atoms with Crippen molar-refractivity contribution in [3.05, 3.63) is 107 Å². The maximum atomic E-state index is 14.8. The number of carbonyl (C=O) groups excluding carboxylic acids is 4. The van der Waals surface area contributed by atoms with E-state index in [2.05, 4.69) is 52.3 Å². The van der Waals surface area contributed by atoms with E-state index >= 15 is 0 Å². The number of ether oxygens (including phenoxy) is 1. The van der Waals surface area contributed by atoms with E-state index in [1.807, 2.05) is 37.3 Å². The van der Waals surface area contributed by atoms with Gasteiger partial charge in [0.25, 0.3) is 0 Å². The van der Waals surface area contributed by atoms with E-state index < -0.39 is 29.6 Å². The first-order valence-corrected chi connectivity index (χ1v) is 20.7. The number of likely N-dealkylation sites (tertiary alicyclic amines) is 4. The molecular weight excluding hydrogens is 705 g/mol. The summed E-state index contributed by atoms with van der Waals surface area (Å²) in [7, 11) is 0. The van der Waals surface area contributed by atoms with Crippen LogP contribution in [0.1, 0.15) is 68.1 Å². The first kappa shape index (κ1) is 36.8. The Bertz CT molecular complexity index is 2000. The van der Waals surface area contributed by atoms with Gasteiger partial charge in [-0.3, -0.25) is 38.8 Å². The van der Waals surface area contributed by atoms with Crippen LogP contribution in [0.25, 0.3) is 0 Å². The number of hydrogen-bond donors (Lipinski definition) is 1. The highest BCUT2D eigenvalue weighted by atomic mass is 16.5. The number of carbonyl (C=O) groups is 4. The summed E-state index contributed by atoms with van der Waals surface area (Å²) < 4.78 is 5.81. The largest absolute Gasteiger partial charge is 0.504 e. The summed E-state index contributed by atoms with van der Waals surface area (Å²) in [4.78, 5) is 66.3. The molecule has 1 N–H and O–H groups in total. The number of hydrogen-bond acceptors (Lipinski definition) is 8. The Labute approximate surface area is 329 Å². The Balaban J connectivity index is 0.979. The molecule has 0 radical (unpaired) electrons. The van der Waals surface area contributed by atoms with Gasteiger partial charge in [0, 0.05) is 57.3 Å². The topological polar surface area (TPSA) is 111 Å². The molecule has 10 nitrogen and oxygen atoms in total.